The lowest BCUT2D eigenvalue weighted by Gasteiger charge is -2.44. The van der Waals surface area contributed by atoms with Crippen molar-refractivity contribution in [1.82, 2.24) is 14.8 Å². The highest BCUT2D eigenvalue weighted by molar-refractivity contribution is 6.42. The number of carbonyl (C=O) groups is 2. The maximum absolute atomic E-state index is 14.2. The van der Waals surface area contributed by atoms with Crippen LogP contribution < -0.4 is 5.32 Å². The summed E-state index contributed by atoms with van der Waals surface area (Å²) < 4.78 is 20.0. The molecule has 1 unspecified atom stereocenters. The molecule has 10 heteroatoms. The molecule has 45 heavy (non-hydrogen) atoms. The fraction of sp³-hybridized carbons (Fsp3) is 0.286. The van der Waals surface area contributed by atoms with Crippen LogP contribution in [-0.4, -0.2) is 53.5 Å². The number of rotatable bonds is 8. The highest BCUT2D eigenvalue weighted by Gasteiger charge is 2.44. The third kappa shape index (κ3) is 6.83. The highest BCUT2D eigenvalue weighted by atomic mass is 35.5. The number of piperidine rings is 1. The average Bonchev–Trinajstić information content (AvgIpc) is 3.04. The summed E-state index contributed by atoms with van der Waals surface area (Å²) in [6.07, 6.45) is 4.62. The summed E-state index contributed by atoms with van der Waals surface area (Å²) in [5.41, 5.74) is 4.37. The number of aromatic nitrogens is 1. The van der Waals surface area contributed by atoms with Crippen molar-refractivity contribution in [1.29, 1.82) is 0 Å². The van der Waals surface area contributed by atoms with Gasteiger partial charge >= 0.3 is 6.09 Å². The Balaban J connectivity index is 1.14. The van der Waals surface area contributed by atoms with Crippen LogP contribution >= 0.6 is 23.2 Å². The molecule has 232 valence electrons. The summed E-state index contributed by atoms with van der Waals surface area (Å²) in [4.78, 5) is 34.4. The van der Waals surface area contributed by atoms with Gasteiger partial charge in [-0.3, -0.25) is 15.1 Å². The maximum atomic E-state index is 14.2. The van der Waals surface area contributed by atoms with E-state index >= 15 is 0 Å². The quantitative estimate of drug-likeness (QED) is 0.211. The van der Waals surface area contributed by atoms with Gasteiger partial charge in [-0.05, 0) is 77.7 Å². The van der Waals surface area contributed by atoms with E-state index < -0.39 is 17.6 Å². The summed E-state index contributed by atoms with van der Waals surface area (Å²) in [5.74, 6) is -0.827. The van der Waals surface area contributed by atoms with Crippen molar-refractivity contribution in [3.63, 3.8) is 0 Å². The van der Waals surface area contributed by atoms with Gasteiger partial charge < -0.3 is 14.5 Å². The fourth-order valence-corrected chi connectivity index (χ4v) is 6.62. The predicted octanol–water partition coefficient (Wildman–Crippen LogP) is 7.88. The van der Waals surface area contributed by atoms with Crippen LogP contribution in [0, 0.1) is 5.82 Å². The number of hydrogen-bond acceptors (Lipinski definition) is 5. The van der Waals surface area contributed by atoms with E-state index in [1.165, 1.54) is 12.1 Å². The van der Waals surface area contributed by atoms with Crippen molar-refractivity contribution in [2.24, 2.45) is 0 Å². The zero-order valence-electron chi connectivity index (χ0n) is 24.8. The number of carbonyl (C=O) groups excluding carboxylic acids is 2. The van der Waals surface area contributed by atoms with Crippen molar-refractivity contribution in [3.05, 3.63) is 118 Å². The van der Waals surface area contributed by atoms with Crippen LogP contribution in [0.4, 0.5) is 14.9 Å². The molecule has 3 heterocycles. The Labute approximate surface area is 271 Å². The van der Waals surface area contributed by atoms with Crippen molar-refractivity contribution in [2.75, 3.05) is 32.0 Å². The van der Waals surface area contributed by atoms with Gasteiger partial charge in [0.1, 0.15) is 11.4 Å². The molecule has 7 nitrogen and oxygen atoms in total. The molecule has 0 radical (unpaired) electrons. The number of nitrogens with one attached hydrogen (secondary N) is 1. The first kappa shape index (κ1) is 31.0. The smallest absolute Gasteiger partial charge is 0.412 e. The first-order chi connectivity index (χ1) is 21.7. The monoisotopic (exact) mass is 646 g/mol. The minimum Gasteiger partial charge on any atom is -0.438 e. The second-order valence-corrected chi connectivity index (χ2v) is 12.5. The topological polar surface area (TPSA) is 74.8 Å². The lowest BCUT2D eigenvalue weighted by atomic mass is 9.82. The van der Waals surface area contributed by atoms with E-state index in [1.807, 2.05) is 37.4 Å². The number of ether oxygens (including phenoxy) is 1. The number of amides is 2. The molecule has 1 N–H and O–H groups in total. The van der Waals surface area contributed by atoms with E-state index in [-0.39, 0.29) is 11.7 Å². The molecular formula is C35H33Cl2FN4O3. The van der Waals surface area contributed by atoms with E-state index in [1.54, 1.807) is 35.5 Å². The summed E-state index contributed by atoms with van der Waals surface area (Å²) in [5, 5.41) is 3.52. The summed E-state index contributed by atoms with van der Waals surface area (Å²) in [7, 11) is 1.82. The van der Waals surface area contributed by atoms with Gasteiger partial charge in [0.2, 0.25) is 5.91 Å². The van der Waals surface area contributed by atoms with Crippen molar-refractivity contribution < 1.29 is 18.7 Å². The molecule has 3 aromatic carbocycles. The minimum absolute atomic E-state index is 0.0169. The molecule has 1 fully saturated rings. The molecule has 0 saturated carbocycles. The van der Waals surface area contributed by atoms with Crippen LogP contribution in [0.2, 0.25) is 10.0 Å². The second-order valence-electron chi connectivity index (χ2n) is 11.7. The summed E-state index contributed by atoms with van der Waals surface area (Å²) in [6.45, 7) is 2.36. The Kier molecular flexibility index (Phi) is 9.08. The van der Waals surface area contributed by atoms with Crippen LogP contribution in [-0.2, 0) is 21.7 Å². The Morgan fingerprint density at radius 2 is 1.71 bits per heavy atom. The molecule has 2 aliphatic heterocycles. The molecule has 2 aliphatic rings. The maximum Gasteiger partial charge on any atom is 0.412 e. The molecule has 2 amide bonds. The number of likely N-dealkylation sites (tertiary alicyclic amines) is 1. The zero-order chi connectivity index (χ0) is 31.6. The third-order valence-electron chi connectivity index (χ3n) is 8.80. The molecular weight excluding hydrogens is 614 g/mol. The number of likely N-dealkylation sites (N-methyl/N-ethyl adjacent to an activating group) is 1. The van der Waals surface area contributed by atoms with Gasteiger partial charge in [-0.25, -0.2) is 9.18 Å². The lowest BCUT2D eigenvalue weighted by Crippen LogP contribution is -2.48. The van der Waals surface area contributed by atoms with Gasteiger partial charge in [0.15, 0.2) is 0 Å². The summed E-state index contributed by atoms with van der Waals surface area (Å²) in [6, 6.07) is 21.8. The van der Waals surface area contributed by atoms with E-state index in [0.29, 0.717) is 66.7 Å². The van der Waals surface area contributed by atoms with Gasteiger partial charge in [-0.15, -0.1) is 0 Å². The standard InChI is InChI=1S/C35H33Cl2FN4O3/c1-41(22-23-2-4-24(5-3-23)25-10-15-39-16-11-25)33(43)28(26-6-8-30(36)31(37)20-26)12-17-42-18-13-35(14-19-42)29-21-27(38)7-9-32(29)40-34(44)45-35/h2-11,15-16,20-21,28H,12-14,17-19,22H2,1H3,(H,40,44). The predicted molar refractivity (Wildman–Crippen MR) is 174 cm³/mol. The normalized spacial score (nSPS) is 16.4. The Morgan fingerprint density at radius 3 is 2.42 bits per heavy atom. The molecule has 1 spiro atoms. The molecule has 0 aliphatic carbocycles. The zero-order valence-corrected chi connectivity index (χ0v) is 26.3. The fourth-order valence-electron chi connectivity index (χ4n) is 6.32. The van der Waals surface area contributed by atoms with E-state index in [9.17, 15) is 14.0 Å². The van der Waals surface area contributed by atoms with Crippen LogP contribution in [0.5, 0.6) is 0 Å². The van der Waals surface area contributed by atoms with Crippen molar-refractivity contribution in [2.45, 2.75) is 37.3 Å². The van der Waals surface area contributed by atoms with E-state index in [0.717, 1.165) is 22.3 Å². The molecule has 1 aromatic heterocycles. The number of anilines is 1. The Bertz CT molecular complexity index is 1700. The Morgan fingerprint density at radius 1 is 1.00 bits per heavy atom. The van der Waals surface area contributed by atoms with Gasteiger partial charge in [0, 0.05) is 57.5 Å². The van der Waals surface area contributed by atoms with Crippen LogP contribution in [0.15, 0.2) is 85.2 Å². The van der Waals surface area contributed by atoms with Gasteiger partial charge in [-0.2, -0.15) is 0 Å². The molecule has 4 aromatic rings. The first-order valence-electron chi connectivity index (χ1n) is 14.9. The van der Waals surface area contributed by atoms with Crippen LogP contribution in [0.3, 0.4) is 0 Å². The highest BCUT2D eigenvalue weighted by Crippen LogP contribution is 2.44. The summed E-state index contributed by atoms with van der Waals surface area (Å²) >= 11 is 12.6. The van der Waals surface area contributed by atoms with Crippen molar-refractivity contribution in [3.8, 4) is 11.1 Å². The van der Waals surface area contributed by atoms with Crippen molar-refractivity contribution >= 4 is 40.9 Å². The molecule has 1 atom stereocenters. The number of hydrogen-bond donors (Lipinski definition) is 1. The SMILES string of the molecule is CN(Cc1ccc(-c2ccncc2)cc1)C(=O)C(CCN1CCC2(CC1)OC(=O)Nc1ccc(F)cc12)c1ccc(Cl)c(Cl)c1. The van der Waals surface area contributed by atoms with E-state index in [4.69, 9.17) is 27.9 Å². The number of fused-ring (bicyclic) bond motifs is 2. The number of benzene rings is 3. The van der Waals surface area contributed by atoms with Gasteiger partial charge in [0.05, 0.1) is 21.7 Å². The van der Waals surface area contributed by atoms with E-state index in [2.05, 4.69) is 27.3 Å². The lowest BCUT2D eigenvalue weighted by molar-refractivity contribution is -0.132. The number of halogens is 3. The first-order valence-corrected chi connectivity index (χ1v) is 15.7. The Hall–Kier alpha value is -3.98. The molecule has 6 rings (SSSR count). The third-order valence-corrected chi connectivity index (χ3v) is 9.54. The largest absolute Gasteiger partial charge is 0.438 e. The van der Waals surface area contributed by atoms with Gasteiger partial charge in [0.25, 0.3) is 0 Å². The van der Waals surface area contributed by atoms with Crippen LogP contribution in [0.25, 0.3) is 11.1 Å². The second kappa shape index (κ2) is 13.2. The van der Waals surface area contributed by atoms with Crippen LogP contribution in [0.1, 0.15) is 41.9 Å². The molecule has 1 saturated heterocycles. The minimum atomic E-state index is -0.873. The average molecular weight is 648 g/mol. The van der Waals surface area contributed by atoms with Gasteiger partial charge in [-0.1, -0.05) is 53.5 Å². The number of pyridine rings is 1. The number of nitrogens with zero attached hydrogens (tertiary/aromatic N) is 3. The molecule has 0 bridgehead atoms.